The quantitative estimate of drug-likeness (QED) is 0.759. The smallest absolute Gasteiger partial charge is 0.317 e. The van der Waals surface area contributed by atoms with E-state index in [-0.39, 0.29) is 22.8 Å². The molecule has 0 unspecified atom stereocenters. The zero-order valence-corrected chi connectivity index (χ0v) is 13.7. The molecule has 0 aliphatic heterocycles. The molecule has 2 N–H and O–H groups in total. The summed E-state index contributed by atoms with van der Waals surface area (Å²) in [6.07, 6.45) is 1.19. The first-order chi connectivity index (χ1) is 10.4. The molecule has 1 heterocycles. The molecule has 0 atom stereocenters. The van der Waals surface area contributed by atoms with Crippen molar-refractivity contribution in [2.24, 2.45) is 0 Å². The molecule has 1 aromatic rings. The number of nitriles is 1. The number of likely N-dealkylation sites (N-methyl/N-ethyl adjacent to an activating group) is 1. The number of aliphatic carboxylic acids is 1. The Kier molecular flexibility index (Phi) is 5.18. The van der Waals surface area contributed by atoms with Gasteiger partial charge in [0.2, 0.25) is 10.0 Å². The average Bonchev–Trinajstić information content (AvgIpc) is 2.89. The van der Waals surface area contributed by atoms with E-state index in [4.69, 9.17) is 10.4 Å². The van der Waals surface area contributed by atoms with E-state index < -0.39 is 16.0 Å². The summed E-state index contributed by atoms with van der Waals surface area (Å²) in [6, 6.07) is 4.71. The molecule has 1 saturated carbocycles. The molecule has 7 nitrogen and oxygen atoms in total. The number of carboxylic acids is 1. The van der Waals surface area contributed by atoms with E-state index in [0.717, 1.165) is 11.3 Å². The van der Waals surface area contributed by atoms with Crippen LogP contribution in [0.3, 0.4) is 0 Å². The van der Waals surface area contributed by atoms with Crippen molar-refractivity contribution in [3.8, 4) is 6.07 Å². The van der Waals surface area contributed by atoms with Gasteiger partial charge in [0, 0.05) is 12.1 Å². The minimum absolute atomic E-state index is 0.0307. The molecule has 0 spiro atoms. The molecule has 0 saturated heterocycles. The lowest BCUT2D eigenvalue weighted by Gasteiger charge is -2.41. The van der Waals surface area contributed by atoms with Gasteiger partial charge in [-0.25, -0.2) is 13.1 Å². The standard InChI is InChI=1S/C13H17N3O4S2/c1-2-16(8-12(17)18)10-5-9(6-10)15-22(19,20)13-4-3-11(7-14)21-13/h3-4,9-10,15H,2,5-6,8H2,1H3,(H,17,18). The Labute approximate surface area is 133 Å². The molecule has 1 aromatic heterocycles. The predicted molar refractivity (Wildman–Crippen MR) is 81.0 cm³/mol. The second-order valence-corrected chi connectivity index (χ2v) is 8.16. The zero-order valence-electron chi connectivity index (χ0n) is 12.0. The topological polar surface area (TPSA) is 110 Å². The molecule has 120 valence electrons. The van der Waals surface area contributed by atoms with Gasteiger partial charge < -0.3 is 5.11 Å². The van der Waals surface area contributed by atoms with Gasteiger partial charge in [0.05, 0.1) is 6.54 Å². The Balaban J connectivity index is 1.91. The van der Waals surface area contributed by atoms with Gasteiger partial charge in [0.15, 0.2) is 0 Å². The number of sulfonamides is 1. The first kappa shape index (κ1) is 16.9. The Morgan fingerprint density at radius 2 is 2.23 bits per heavy atom. The minimum Gasteiger partial charge on any atom is -0.480 e. The number of carboxylic acid groups (broad SMARTS) is 1. The summed E-state index contributed by atoms with van der Waals surface area (Å²) in [5, 5.41) is 17.6. The summed E-state index contributed by atoms with van der Waals surface area (Å²) >= 11 is 0.937. The maximum atomic E-state index is 12.2. The van der Waals surface area contributed by atoms with E-state index in [2.05, 4.69) is 4.72 Å². The minimum atomic E-state index is -3.61. The van der Waals surface area contributed by atoms with Gasteiger partial charge in [-0.2, -0.15) is 5.26 Å². The zero-order chi connectivity index (χ0) is 16.3. The van der Waals surface area contributed by atoms with E-state index in [9.17, 15) is 13.2 Å². The van der Waals surface area contributed by atoms with Crippen LogP contribution in [0.2, 0.25) is 0 Å². The highest BCUT2D eigenvalue weighted by Crippen LogP contribution is 2.28. The lowest BCUT2D eigenvalue weighted by molar-refractivity contribution is -0.139. The van der Waals surface area contributed by atoms with Crippen molar-refractivity contribution in [2.75, 3.05) is 13.1 Å². The van der Waals surface area contributed by atoms with Crippen LogP contribution in [0.1, 0.15) is 24.6 Å². The Morgan fingerprint density at radius 3 is 2.73 bits per heavy atom. The Hall–Kier alpha value is -1.47. The van der Waals surface area contributed by atoms with Crippen molar-refractivity contribution in [3.05, 3.63) is 17.0 Å². The Bertz CT molecular complexity index is 686. The monoisotopic (exact) mass is 343 g/mol. The van der Waals surface area contributed by atoms with Crippen LogP contribution >= 0.6 is 11.3 Å². The summed E-state index contributed by atoms with van der Waals surface area (Å²) in [7, 11) is -3.61. The molecule has 0 radical (unpaired) electrons. The number of rotatable bonds is 7. The molecule has 0 bridgehead atoms. The fourth-order valence-electron chi connectivity index (χ4n) is 2.46. The largest absolute Gasteiger partial charge is 0.480 e. The highest BCUT2D eigenvalue weighted by Gasteiger charge is 2.36. The molecule has 9 heteroatoms. The van der Waals surface area contributed by atoms with Crippen molar-refractivity contribution in [1.82, 2.24) is 9.62 Å². The van der Waals surface area contributed by atoms with Crippen molar-refractivity contribution >= 4 is 27.3 Å². The van der Waals surface area contributed by atoms with Gasteiger partial charge in [0.25, 0.3) is 0 Å². The third-order valence-electron chi connectivity index (χ3n) is 3.65. The van der Waals surface area contributed by atoms with Gasteiger partial charge >= 0.3 is 5.97 Å². The molecule has 1 aliphatic rings. The first-order valence-corrected chi connectivity index (χ1v) is 9.13. The number of thiophene rings is 1. The van der Waals surface area contributed by atoms with Gasteiger partial charge in [-0.1, -0.05) is 6.92 Å². The summed E-state index contributed by atoms with van der Waals surface area (Å²) in [5.41, 5.74) is 0. The van der Waals surface area contributed by atoms with Crippen LogP contribution in [0.4, 0.5) is 0 Å². The fraction of sp³-hybridized carbons (Fsp3) is 0.538. The molecular formula is C13H17N3O4S2. The average molecular weight is 343 g/mol. The number of hydrogen-bond acceptors (Lipinski definition) is 6. The van der Waals surface area contributed by atoms with Crippen LogP contribution in [-0.4, -0.2) is 49.6 Å². The molecule has 0 aromatic carbocycles. The summed E-state index contributed by atoms with van der Waals surface area (Å²) < 4.78 is 27.1. The number of nitrogens with one attached hydrogen (secondary N) is 1. The third kappa shape index (κ3) is 3.84. The van der Waals surface area contributed by atoms with Gasteiger partial charge in [-0.05, 0) is 31.5 Å². The van der Waals surface area contributed by atoms with E-state index >= 15 is 0 Å². The summed E-state index contributed by atoms with van der Waals surface area (Å²) in [5.74, 6) is -0.881. The maximum absolute atomic E-state index is 12.2. The van der Waals surface area contributed by atoms with Crippen LogP contribution in [0, 0.1) is 11.3 Å². The second kappa shape index (κ2) is 6.75. The molecule has 1 aliphatic carbocycles. The van der Waals surface area contributed by atoms with E-state index in [0.29, 0.717) is 24.3 Å². The van der Waals surface area contributed by atoms with E-state index in [1.54, 1.807) is 0 Å². The van der Waals surface area contributed by atoms with Crippen LogP contribution in [0.15, 0.2) is 16.3 Å². The van der Waals surface area contributed by atoms with Gasteiger partial charge in [-0.3, -0.25) is 9.69 Å². The highest BCUT2D eigenvalue weighted by molar-refractivity contribution is 7.91. The molecule has 0 amide bonds. The molecule has 2 rings (SSSR count). The predicted octanol–water partition coefficient (Wildman–Crippen LogP) is 0.836. The maximum Gasteiger partial charge on any atom is 0.317 e. The first-order valence-electron chi connectivity index (χ1n) is 6.83. The normalized spacial score (nSPS) is 21.3. The lowest BCUT2D eigenvalue weighted by Crippen LogP contribution is -2.54. The number of hydrogen-bond donors (Lipinski definition) is 2. The fourth-order valence-corrected chi connectivity index (χ4v) is 4.84. The van der Waals surface area contributed by atoms with Crippen LogP contribution < -0.4 is 4.72 Å². The van der Waals surface area contributed by atoms with Crippen LogP contribution in [0.5, 0.6) is 0 Å². The Morgan fingerprint density at radius 1 is 1.55 bits per heavy atom. The second-order valence-electron chi connectivity index (χ2n) is 5.13. The number of carbonyl (C=O) groups is 1. The highest BCUT2D eigenvalue weighted by atomic mass is 32.2. The van der Waals surface area contributed by atoms with Crippen molar-refractivity contribution in [2.45, 2.75) is 36.1 Å². The number of nitrogens with zero attached hydrogens (tertiary/aromatic N) is 2. The lowest BCUT2D eigenvalue weighted by atomic mass is 9.86. The van der Waals surface area contributed by atoms with Crippen molar-refractivity contribution < 1.29 is 18.3 Å². The van der Waals surface area contributed by atoms with Gasteiger partial charge in [0.1, 0.15) is 15.2 Å². The van der Waals surface area contributed by atoms with Gasteiger partial charge in [-0.15, -0.1) is 11.3 Å². The van der Waals surface area contributed by atoms with Crippen molar-refractivity contribution in [3.63, 3.8) is 0 Å². The molecular weight excluding hydrogens is 326 g/mol. The molecule has 1 fully saturated rings. The summed E-state index contributed by atoms with van der Waals surface area (Å²) in [6.45, 7) is 2.47. The SMILES string of the molecule is CCN(CC(=O)O)C1CC(NS(=O)(=O)c2ccc(C#N)s2)C1. The summed E-state index contributed by atoms with van der Waals surface area (Å²) in [4.78, 5) is 12.9. The van der Waals surface area contributed by atoms with Crippen LogP contribution in [-0.2, 0) is 14.8 Å². The van der Waals surface area contributed by atoms with E-state index in [1.807, 2.05) is 17.9 Å². The third-order valence-corrected chi connectivity index (χ3v) is 6.65. The molecule has 22 heavy (non-hydrogen) atoms. The van der Waals surface area contributed by atoms with Crippen LogP contribution in [0.25, 0.3) is 0 Å². The van der Waals surface area contributed by atoms with E-state index in [1.165, 1.54) is 12.1 Å². The van der Waals surface area contributed by atoms with Crippen molar-refractivity contribution in [1.29, 1.82) is 5.26 Å².